The molecule has 18 heteroatoms. The Kier molecular flexibility index (Phi) is 11.8. The Balaban J connectivity index is 1.50. The lowest BCUT2D eigenvalue weighted by atomic mass is 10.1. The maximum atomic E-state index is 15.3. The van der Waals surface area contributed by atoms with E-state index in [1.165, 1.54) is 31.2 Å². The first-order valence-corrected chi connectivity index (χ1v) is 16.8. The summed E-state index contributed by atoms with van der Waals surface area (Å²) < 4.78 is 52.7. The number of alkyl halides is 2. The molecule has 0 aliphatic carbocycles. The zero-order chi connectivity index (χ0) is 34.0. The third-order valence-corrected chi connectivity index (χ3v) is 9.55. The molecule has 3 N–H and O–H groups in total. The second kappa shape index (κ2) is 14.8. The van der Waals surface area contributed by atoms with E-state index in [0.717, 1.165) is 19.2 Å². The van der Waals surface area contributed by atoms with Crippen LogP contribution in [0.2, 0.25) is 10.0 Å². The van der Waals surface area contributed by atoms with Crippen LogP contribution in [0.25, 0.3) is 0 Å². The number of ether oxygens (including phenoxy) is 2. The van der Waals surface area contributed by atoms with E-state index in [-0.39, 0.29) is 39.7 Å². The highest BCUT2D eigenvalue weighted by atomic mass is 35.5. The second-order valence-electron chi connectivity index (χ2n) is 11.4. The van der Waals surface area contributed by atoms with E-state index in [0.29, 0.717) is 11.0 Å². The van der Waals surface area contributed by atoms with Gasteiger partial charge in [-0.25, -0.2) is 4.79 Å². The molecule has 2 aromatic rings. The zero-order valence-corrected chi connectivity index (χ0v) is 27.8. The van der Waals surface area contributed by atoms with E-state index in [1.807, 2.05) is 11.9 Å². The van der Waals surface area contributed by atoms with E-state index < -0.39 is 62.9 Å². The van der Waals surface area contributed by atoms with Crippen LogP contribution >= 0.6 is 31.3 Å². The van der Waals surface area contributed by atoms with Crippen LogP contribution in [0.15, 0.2) is 35.3 Å². The Morgan fingerprint density at radius 3 is 2.59 bits per heavy atom. The second-order valence-corrected chi connectivity index (χ2v) is 13.9. The molecule has 0 saturated carbocycles. The van der Waals surface area contributed by atoms with Crippen LogP contribution in [0.3, 0.4) is 0 Å². The third kappa shape index (κ3) is 8.57. The number of esters is 1. The van der Waals surface area contributed by atoms with Gasteiger partial charge in [0.15, 0.2) is 11.9 Å². The number of rotatable bonds is 13. The fourth-order valence-corrected chi connectivity index (χ4v) is 7.07. The largest absolute Gasteiger partial charge is 0.544 e. The Hall–Kier alpha value is -2.33. The van der Waals surface area contributed by atoms with E-state index in [9.17, 15) is 24.4 Å². The molecule has 254 valence electrons. The van der Waals surface area contributed by atoms with Crippen molar-refractivity contribution in [2.45, 2.75) is 82.6 Å². The predicted octanol–water partition coefficient (Wildman–Crippen LogP) is 3.34. The molecular formula is C28H36Cl2F2N4O9P+. The summed E-state index contributed by atoms with van der Waals surface area (Å²) in [4.78, 5) is 55.0. The van der Waals surface area contributed by atoms with Gasteiger partial charge in [-0.1, -0.05) is 28.3 Å². The minimum Gasteiger partial charge on any atom is -0.462 e. The smallest absolute Gasteiger partial charge is 0.462 e. The maximum Gasteiger partial charge on any atom is 0.544 e. The maximum absolute atomic E-state index is 15.3. The summed E-state index contributed by atoms with van der Waals surface area (Å²) in [7, 11) is -2.55. The molecule has 4 rings (SSSR count). The van der Waals surface area contributed by atoms with Gasteiger partial charge >= 0.3 is 25.7 Å². The number of aliphatic hydroxyl groups excluding tert-OH is 1. The summed E-state index contributed by atoms with van der Waals surface area (Å²) in [5.74, 6) is -5.05. The van der Waals surface area contributed by atoms with E-state index in [4.69, 9.17) is 41.7 Å². The number of aliphatic hydroxyl groups is 1. The molecule has 2 unspecified atom stereocenters. The van der Waals surface area contributed by atoms with Crippen molar-refractivity contribution >= 4 is 43.0 Å². The summed E-state index contributed by atoms with van der Waals surface area (Å²) in [6.45, 7) is 4.47. The van der Waals surface area contributed by atoms with Crippen molar-refractivity contribution in [3.63, 3.8) is 0 Å². The first-order chi connectivity index (χ1) is 21.5. The quantitative estimate of drug-likeness (QED) is 0.206. The summed E-state index contributed by atoms with van der Waals surface area (Å²) in [6, 6.07) is 3.78. The minimum atomic E-state index is -4.37. The predicted molar refractivity (Wildman–Crippen MR) is 164 cm³/mol. The van der Waals surface area contributed by atoms with Crippen molar-refractivity contribution < 1.29 is 46.9 Å². The fourth-order valence-electron chi connectivity index (χ4n) is 5.02. The van der Waals surface area contributed by atoms with Crippen molar-refractivity contribution in [3.8, 4) is 5.75 Å². The number of Topliss-reactive ketones (excluding diaryl/α,β-unsaturated/α-hetero) is 1. The summed E-state index contributed by atoms with van der Waals surface area (Å²) in [6.07, 6.45) is -4.66. The standard InChI is InChI=1S/C28H36Cl2F2N4O9P/c1-15(2)43-25(39)16(3)34-46(41,45-22-8-7-17(29)12-19(22)30)42-14-23-24(38)28(31,32)26(44-23)36-11-9-18(33-27(36)40)13-21(37)20-6-5-10-35(20)4/h7-9,11-12,15-16,20,23-24,26,34,38,41H,5-6,10,13-14H2,1-4H3/q+1/t16-,20-,23+,24+,26?,46?/m0/s1. The number of hydrogen-bond donors (Lipinski definition) is 3. The molecule has 46 heavy (non-hydrogen) atoms. The summed E-state index contributed by atoms with van der Waals surface area (Å²) >= 11 is 12.1. The number of nitrogens with one attached hydrogen (secondary N) is 1. The number of halogens is 4. The zero-order valence-electron chi connectivity index (χ0n) is 25.4. The molecule has 0 radical (unpaired) electrons. The van der Waals surface area contributed by atoms with Crippen LogP contribution < -0.4 is 15.3 Å². The molecule has 2 saturated heterocycles. The fraction of sp³-hybridized carbons (Fsp3) is 0.571. The first-order valence-electron chi connectivity index (χ1n) is 14.4. The lowest BCUT2D eigenvalue weighted by Crippen LogP contribution is -2.42. The Bertz CT molecular complexity index is 1490. The highest BCUT2D eigenvalue weighted by Crippen LogP contribution is 2.55. The SMILES string of the molecule is CC(C)OC(=O)[C@H](C)N[P+](O)(OC[C@H]1OC(n2ccc(CC(=O)[C@@H]3CCCN3C)nc2=O)C(F)(F)[C@@H]1O)Oc1ccc(Cl)cc1Cl. The van der Waals surface area contributed by atoms with E-state index >= 15 is 8.78 Å². The molecule has 1 aromatic carbocycles. The molecule has 2 fully saturated rings. The van der Waals surface area contributed by atoms with Gasteiger partial charge < -0.3 is 14.6 Å². The number of benzene rings is 1. The van der Waals surface area contributed by atoms with Gasteiger partial charge in [0.25, 0.3) is 0 Å². The number of carbonyl (C=O) groups is 2. The molecule has 2 aliphatic heterocycles. The summed E-state index contributed by atoms with van der Waals surface area (Å²) in [5, 5.41) is 13.2. The topological polar surface area (TPSA) is 162 Å². The average molecular weight is 712 g/mol. The van der Waals surface area contributed by atoms with Gasteiger partial charge in [-0.2, -0.15) is 23.2 Å². The normalized spacial score (nSPS) is 24.9. The number of likely N-dealkylation sites (tertiary alicyclic amines) is 1. The number of aromatic nitrogens is 2. The summed E-state index contributed by atoms with van der Waals surface area (Å²) in [5.41, 5.74) is -1.01. The molecule has 6 atom stereocenters. The highest BCUT2D eigenvalue weighted by Gasteiger charge is 2.61. The van der Waals surface area contributed by atoms with Crippen LogP contribution in [0.4, 0.5) is 8.78 Å². The van der Waals surface area contributed by atoms with Crippen LogP contribution in [-0.4, -0.2) is 92.7 Å². The van der Waals surface area contributed by atoms with Crippen LogP contribution in [0.1, 0.15) is 45.5 Å². The van der Waals surface area contributed by atoms with Gasteiger partial charge in [0.2, 0.25) is 12.0 Å². The minimum absolute atomic E-state index is 0.0373. The molecule has 1 aromatic heterocycles. The van der Waals surface area contributed by atoms with Crippen LogP contribution in [0, 0.1) is 0 Å². The molecule has 3 heterocycles. The molecule has 2 aliphatic rings. The molecule has 0 amide bonds. The van der Waals surface area contributed by atoms with Crippen molar-refractivity contribution in [2.24, 2.45) is 0 Å². The number of carbonyl (C=O) groups excluding carboxylic acids is 2. The molecule has 13 nitrogen and oxygen atoms in total. The lowest BCUT2D eigenvalue weighted by Gasteiger charge is -2.23. The van der Waals surface area contributed by atoms with Gasteiger partial charge in [0.05, 0.1) is 29.3 Å². The number of nitrogens with zero attached hydrogens (tertiary/aromatic N) is 3. The number of likely N-dealkylation sites (N-methyl/N-ethyl adjacent to an activating group) is 1. The van der Waals surface area contributed by atoms with Crippen molar-refractivity contribution in [3.05, 3.63) is 56.7 Å². The van der Waals surface area contributed by atoms with Gasteiger partial charge in [-0.05, 0) is 71.5 Å². The van der Waals surface area contributed by atoms with Crippen molar-refractivity contribution in [1.29, 1.82) is 0 Å². The van der Waals surface area contributed by atoms with Gasteiger partial charge in [0.1, 0.15) is 18.8 Å². The lowest BCUT2D eigenvalue weighted by molar-refractivity contribution is -0.149. The number of hydrogen-bond acceptors (Lipinski definition) is 12. The van der Waals surface area contributed by atoms with Crippen molar-refractivity contribution in [1.82, 2.24) is 19.5 Å². The highest BCUT2D eigenvalue weighted by molar-refractivity contribution is 7.59. The third-order valence-electron chi connectivity index (χ3n) is 7.36. The van der Waals surface area contributed by atoms with Gasteiger partial charge in [-0.3, -0.25) is 23.6 Å². The number of ketones is 1. The van der Waals surface area contributed by atoms with Crippen molar-refractivity contribution in [2.75, 3.05) is 20.2 Å². The van der Waals surface area contributed by atoms with Gasteiger partial charge in [0, 0.05) is 11.2 Å². The average Bonchev–Trinajstić information content (AvgIpc) is 3.49. The Morgan fingerprint density at radius 1 is 1.26 bits per heavy atom. The Labute approximate surface area is 274 Å². The molecule has 0 spiro atoms. The van der Waals surface area contributed by atoms with Gasteiger partial charge in [-0.15, -0.1) is 0 Å². The van der Waals surface area contributed by atoms with Crippen LogP contribution in [-0.2, 0) is 30.0 Å². The van der Waals surface area contributed by atoms with E-state index in [2.05, 4.69) is 10.1 Å². The Morgan fingerprint density at radius 2 is 1.98 bits per heavy atom. The first kappa shape index (κ1) is 36.5. The molecular weight excluding hydrogens is 676 g/mol. The monoisotopic (exact) mass is 711 g/mol. The molecule has 0 bridgehead atoms. The van der Waals surface area contributed by atoms with Crippen LogP contribution in [0.5, 0.6) is 5.75 Å². The van der Waals surface area contributed by atoms with E-state index in [1.54, 1.807) is 13.8 Å².